The minimum Gasteiger partial charge on any atom is -0.331 e. The van der Waals surface area contributed by atoms with Crippen molar-refractivity contribution in [2.45, 2.75) is 4.21 Å². The van der Waals surface area contributed by atoms with E-state index in [-0.39, 0.29) is 36.3 Å². The molecular weight excluding hydrogens is 448 g/mol. The van der Waals surface area contributed by atoms with E-state index in [1.807, 2.05) is 0 Å². The lowest BCUT2D eigenvalue weighted by molar-refractivity contribution is -0.137. The van der Waals surface area contributed by atoms with E-state index in [0.717, 1.165) is 25.7 Å². The van der Waals surface area contributed by atoms with E-state index in [9.17, 15) is 18.0 Å². The van der Waals surface area contributed by atoms with Crippen LogP contribution < -0.4 is 5.32 Å². The van der Waals surface area contributed by atoms with Gasteiger partial charge in [0.25, 0.3) is 10.0 Å². The average Bonchev–Trinajstić information content (AvgIpc) is 3.14. The fraction of sp³-hybridized carbons (Fsp3) is 0.211. The maximum absolute atomic E-state index is 13.0. The molecule has 3 aromatic rings. The number of halogens is 1. The highest BCUT2D eigenvalue weighted by atomic mass is 35.5. The number of rotatable bonds is 5. The molecule has 8 nitrogen and oxygen atoms in total. The molecule has 0 unspecified atom stereocenters. The normalized spacial score (nSPS) is 15.5. The van der Waals surface area contributed by atoms with Gasteiger partial charge in [-0.15, -0.1) is 11.3 Å². The van der Waals surface area contributed by atoms with Crippen molar-refractivity contribution in [3.8, 4) is 0 Å². The molecule has 0 bridgehead atoms. The van der Waals surface area contributed by atoms with Crippen molar-refractivity contribution in [2.24, 2.45) is 0 Å². The zero-order valence-corrected chi connectivity index (χ0v) is 18.0. The molecule has 0 aliphatic carbocycles. The van der Waals surface area contributed by atoms with E-state index in [4.69, 9.17) is 11.6 Å². The quantitative estimate of drug-likeness (QED) is 0.625. The smallest absolute Gasteiger partial charge is 0.253 e. The number of fused-ring (bicyclic) bond motifs is 1. The zero-order valence-electron chi connectivity index (χ0n) is 15.6. The molecule has 2 amide bonds. The Balaban J connectivity index is 1.42. The van der Waals surface area contributed by atoms with Gasteiger partial charge in [-0.2, -0.15) is 4.31 Å². The van der Waals surface area contributed by atoms with Crippen LogP contribution in [-0.4, -0.2) is 60.6 Å². The topological polar surface area (TPSA) is 99.7 Å². The lowest BCUT2D eigenvalue weighted by Crippen LogP contribution is -2.53. The Hall–Kier alpha value is -2.53. The number of pyridine rings is 1. The van der Waals surface area contributed by atoms with Crippen LogP contribution in [0.15, 0.2) is 53.0 Å². The molecule has 3 heterocycles. The Morgan fingerprint density at radius 2 is 1.93 bits per heavy atom. The van der Waals surface area contributed by atoms with Crippen molar-refractivity contribution in [1.29, 1.82) is 0 Å². The van der Waals surface area contributed by atoms with Crippen LogP contribution in [0.3, 0.4) is 0 Å². The number of aromatic nitrogens is 1. The van der Waals surface area contributed by atoms with Crippen molar-refractivity contribution in [1.82, 2.24) is 14.2 Å². The summed E-state index contributed by atoms with van der Waals surface area (Å²) in [6.07, 6.45) is 3.10. The maximum atomic E-state index is 13.0. The molecule has 0 spiro atoms. The van der Waals surface area contributed by atoms with E-state index < -0.39 is 15.9 Å². The van der Waals surface area contributed by atoms with Gasteiger partial charge >= 0.3 is 0 Å². The van der Waals surface area contributed by atoms with Crippen LogP contribution in [0.4, 0.5) is 5.69 Å². The molecule has 1 N–H and O–H groups in total. The third kappa shape index (κ3) is 4.31. The fourth-order valence-electron chi connectivity index (χ4n) is 3.10. The molecule has 1 fully saturated rings. The molecule has 4 rings (SSSR count). The summed E-state index contributed by atoms with van der Waals surface area (Å²) in [7, 11) is -3.82. The van der Waals surface area contributed by atoms with Crippen molar-refractivity contribution >= 4 is 60.5 Å². The summed E-state index contributed by atoms with van der Waals surface area (Å²) in [5.41, 5.74) is 0.577. The van der Waals surface area contributed by atoms with E-state index in [1.165, 1.54) is 4.90 Å². The number of sulfonamides is 1. The first-order valence-corrected chi connectivity index (χ1v) is 11.6. The second-order valence-electron chi connectivity index (χ2n) is 6.69. The third-order valence-corrected chi connectivity index (χ3v) is 8.26. The lowest BCUT2D eigenvalue weighted by atomic mass is 10.3. The van der Waals surface area contributed by atoms with Gasteiger partial charge in [0.2, 0.25) is 11.8 Å². The van der Waals surface area contributed by atoms with Gasteiger partial charge in [-0.25, -0.2) is 8.42 Å². The van der Waals surface area contributed by atoms with Crippen LogP contribution >= 0.6 is 22.9 Å². The summed E-state index contributed by atoms with van der Waals surface area (Å²) >= 11 is 7.10. The van der Waals surface area contributed by atoms with Gasteiger partial charge in [0.05, 0.1) is 13.1 Å². The number of hydrogen-bond acceptors (Lipinski definition) is 6. The SMILES string of the molecule is O=C(CN1CCN(S(=O)(=O)c2cc3ccc(Cl)cc3s2)CC1=O)Nc1ccncc1. The molecular formula is C19H17ClN4O4S2. The number of carbonyl (C=O) groups excluding carboxylic acids is 2. The second kappa shape index (κ2) is 8.31. The first kappa shape index (κ1) is 20.7. The highest BCUT2D eigenvalue weighted by Gasteiger charge is 2.34. The summed E-state index contributed by atoms with van der Waals surface area (Å²) in [5.74, 6) is -0.772. The molecule has 1 saturated heterocycles. The summed E-state index contributed by atoms with van der Waals surface area (Å²) < 4.78 is 28.1. The molecule has 30 heavy (non-hydrogen) atoms. The van der Waals surface area contributed by atoms with Crippen LogP contribution in [0.25, 0.3) is 10.1 Å². The fourth-order valence-corrected chi connectivity index (χ4v) is 6.31. The van der Waals surface area contributed by atoms with Crippen LogP contribution in [0.5, 0.6) is 0 Å². The number of nitrogens with zero attached hydrogens (tertiary/aromatic N) is 3. The average molecular weight is 465 g/mol. The minimum absolute atomic E-state index is 0.117. The minimum atomic E-state index is -3.82. The number of hydrogen-bond donors (Lipinski definition) is 1. The van der Waals surface area contributed by atoms with Crippen LogP contribution in [-0.2, 0) is 19.6 Å². The summed E-state index contributed by atoms with van der Waals surface area (Å²) in [6, 6.07) is 10.0. The van der Waals surface area contributed by atoms with E-state index in [0.29, 0.717) is 10.7 Å². The van der Waals surface area contributed by atoms with Gasteiger partial charge in [0, 0.05) is 40.9 Å². The number of carbonyl (C=O) groups is 2. The number of anilines is 1. The van der Waals surface area contributed by atoms with Gasteiger partial charge < -0.3 is 10.2 Å². The molecule has 0 atom stereocenters. The molecule has 2 aromatic heterocycles. The molecule has 11 heteroatoms. The predicted octanol–water partition coefficient (Wildman–Crippen LogP) is 2.42. The van der Waals surface area contributed by atoms with Gasteiger partial charge in [0.1, 0.15) is 4.21 Å². The Labute approximate surface area is 182 Å². The van der Waals surface area contributed by atoms with E-state index in [2.05, 4.69) is 10.3 Å². The molecule has 0 radical (unpaired) electrons. The molecule has 1 aliphatic rings. The standard InChI is InChI=1S/C19H17ClN4O4S2/c20-14-2-1-13-9-19(29-16(13)10-14)30(27,28)24-8-7-23(18(26)12-24)11-17(25)22-15-3-5-21-6-4-15/h1-6,9-10H,7-8,11-12H2,(H,21,22,25). The number of nitrogens with one attached hydrogen (secondary N) is 1. The highest BCUT2D eigenvalue weighted by Crippen LogP contribution is 2.33. The summed E-state index contributed by atoms with van der Waals surface area (Å²) in [4.78, 5) is 29.9. The van der Waals surface area contributed by atoms with Crippen molar-refractivity contribution in [3.63, 3.8) is 0 Å². The van der Waals surface area contributed by atoms with Crippen molar-refractivity contribution < 1.29 is 18.0 Å². The van der Waals surface area contributed by atoms with Gasteiger partial charge in [-0.3, -0.25) is 14.6 Å². The first-order chi connectivity index (χ1) is 14.3. The molecule has 0 saturated carbocycles. The lowest BCUT2D eigenvalue weighted by Gasteiger charge is -2.32. The monoisotopic (exact) mass is 464 g/mol. The van der Waals surface area contributed by atoms with Crippen molar-refractivity contribution in [3.05, 3.63) is 53.8 Å². The first-order valence-electron chi connectivity index (χ1n) is 9.00. The Morgan fingerprint density at radius 1 is 1.17 bits per heavy atom. The Kier molecular flexibility index (Phi) is 5.74. The number of thiophene rings is 1. The van der Waals surface area contributed by atoms with Crippen LogP contribution in [0.2, 0.25) is 5.02 Å². The van der Waals surface area contributed by atoms with Gasteiger partial charge in [-0.05, 0) is 35.7 Å². The van der Waals surface area contributed by atoms with Crippen LogP contribution in [0, 0.1) is 0 Å². The van der Waals surface area contributed by atoms with Crippen LogP contribution in [0.1, 0.15) is 0 Å². The maximum Gasteiger partial charge on any atom is 0.253 e. The summed E-state index contributed by atoms with van der Waals surface area (Å²) in [5, 5.41) is 3.99. The second-order valence-corrected chi connectivity index (χ2v) is 10.4. The largest absolute Gasteiger partial charge is 0.331 e. The third-order valence-electron chi connectivity index (χ3n) is 4.64. The van der Waals surface area contributed by atoms with E-state index in [1.54, 1.807) is 48.8 Å². The number of amides is 2. The number of benzene rings is 1. The van der Waals surface area contributed by atoms with E-state index >= 15 is 0 Å². The van der Waals surface area contributed by atoms with Gasteiger partial charge in [-0.1, -0.05) is 17.7 Å². The van der Waals surface area contributed by atoms with Gasteiger partial charge in [0.15, 0.2) is 0 Å². The van der Waals surface area contributed by atoms with Crippen molar-refractivity contribution in [2.75, 3.05) is 31.5 Å². The zero-order chi connectivity index (χ0) is 21.3. The molecule has 1 aliphatic heterocycles. The molecule has 156 valence electrons. The Morgan fingerprint density at radius 3 is 2.67 bits per heavy atom. The number of piperazine rings is 1. The summed E-state index contributed by atoms with van der Waals surface area (Å²) in [6.45, 7) is -0.194. The highest BCUT2D eigenvalue weighted by molar-refractivity contribution is 7.91. The molecule has 1 aromatic carbocycles. The Bertz CT molecular complexity index is 1210. The predicted molar refractivity (Wildman–Crippen MR) is 115 cm³/mol.